The van der Waals surface area contributed by atoms with E-state index >= 15 is 0 Å². The van der Waals surface area contributed by atoms with Gasteiger partial charge in [-0.25, -0.2) is 9.97 Å². The van der Waals surface area contributed by atoms with Crippen LogP contribution in [0.1, 0.15) is 0 Å². The summed E-state index contributed by atoms with van der Waals surface area (Å²) in [6.45, 7) is 0. The van der Waals surface area contributed by atoms with Crippen LogP contribution >= 0.6 is 0 Å². The Morgan fingerprint density at radius 2 is 1.00 bits per heavy atom. The predicted octanol–water partition coefficient (Wildman–Crippen LogP) is 11.2. The standard InChI is InChI=1S/C46H28N6O/c1-4-14-29(15-5-1)43-48-44(30-16-6-2-7-17-30)50-46(49-43)52-38-25-24-32(51-39-22-12-11-21-37(39)47-45(51)31-18-8-3-9-19-31)26-34(38)35-27-36-33-20-10-13-23-41(33)53-42(36)28-40(35)52/h1-28H. The van der Waals surface area contributed by atoms with Crippen LogP contribution in [-0.4, -0.2) is 29.1 Å². The van der Waals surface area contributed by atoms with Crippen LogP contribution < -0.4 is 0 Å². The van der Waals surface area contributed by atoms with Gasteiger partial charge in [-0.1, -0.05) is 121 Å². The number of hydrogen-bond acceptors (Lipinski definition) is 5. The lowest BCUT2D eigenvalue weighted by atomic mass is 10.1. The monoisotopic (exact) mass is 680 g/mol. The lowest BCUT2D eigenvalue weighted by molar-refractivity contribution is 0.669. The van der Waals surface area contributed by atoms with Crippen molar-refractivity contribution in [3.05, 3.63) is 170 Å². The van der Waals surface area contributed by atoms with Crippen LogP contribution in [0.15, 0.2) is 174 Å². The first-order valence-electron chi connectivity index (χ1n) is 17.6. The second kappa shape index (κ2) is 11.6. The number of imidazole rings is 1. The SMILES string of the molecule is c1ccc(-c2nc(-c3ccccc3)nc(-n3c4ccc(-n5c(-c6ccccc6)nc6ccccc65)cc4c4cc5c(cc43)oc3ccccc35)n2)cc1. The van der Waals surface area contributed by atoms with Crippen molar-refractivity contribution in [1.82, 2.24) is 29.1 Å². The summed E-state index contributed by atoms with van der Waals surface area (Å²) in [6, 6.07) is 58.0. The van der Waals surface area contributed by atoms with Crippen molar-refractivity contribution in [3.63, 3.8) is 0 Å². The van der Waals surface area contributed by atoms with Crippen molar-refractivity contribution in [3.8, 4) is 45.8 Å². The normalized spacial score (nSPS) is 11.8. The molecule has 0 saturated heterocycles. The van der Waals surface area contributed by atoms with Crippen LogP contribution in [-0.2, 0) is 0 Å². The average molecular weight is 681 g/mol. The van der Waals surface area contributed by atoms with Crippen LogP contribution in [0.5, 0.6) is 0 Å². The fraction of sp³-hybridized carbons (Fsp3) is 0. The van der Waals surface area contributed by atoms with Crippen LogP contribution in [0.25, 0.3) is 101 Å². The summed E-state index contributed by atoms with van der Waals surface area (Å²) in [6.07, 6.45) is 0. The maximum absolute atomic E-state index is 6.45. The molecule has 0 aliphatic rings. The number of benzene rings is 7. The zero-order valence-corrected chi connectivity index (χ0v) is 28.3. The molecule has 0 radical (unpaired) electrons. The van der Waals surface area contributed by atoms with Gasteiger partial charge in [0, 0.05) is 50.0 Å². The first-order valence-corrected chi connectivity index (χ1v) is 17.6. The molecule has 0 aliphatic carbocycles. The van der Waals surface area contributed by atoms with E-state index in [1.165, 1.54) is 0 Å². The summed E-state index contributed by atoms with van der Waals surface area (Å²) in [5, 5.41) is 4.26. The van der Waals surface area contributed by atoms with E-state index in [4.69, 9.17) is 24.4 Å². The average Bonchev–Trinajstić information content (AvgIpc) is 3.90. The molecular weight excluding hydrogens is 653 g/mol. The van der Waals surface area contributed by atoms with E-state index in [0.29, 0.717) is 17.6 Å². The molecule has 0 saturated carbocycles. The molecule has 7 nitrogen and oxygen atoms in total. The van der Waals surface area contributed by atoms with Crippen LogP contribution in [0.2, 0.25) is 0 Å². The third-order valence-electron chi connectivity index (χ3n) is 9.99. The van der Waals surface area contributed by atoms with Gasteiger partial charge >= 0.3 is 0 Å². The molecule has 0 amide bonds. The molecule has 11 rings (SSSR count). The number of fused-ring (bicyclic) bond motifs is 7. The van der Waals surface area contributed by atoms with Crippen LogP contribution in [0, 0.1) is 0 Å². The molecule has 11 aromatic rings. The summed E-state index contributed by atoms with van der Waals surface area (Å²) < 4.78 is 10.8. The van der Waals surface area contributed by atoms with E-state index in [1.807, 2.05) is 84.9 Å². The zero-order chi connectivity index (χ0) is 34.9. The number of hydrogen-bond donors (Lipinski definition) is 0. The molecule has 0 bridgehead atoms. The molecule has 7 heteroatoms. The Bertz CT molecular complexity index is 3100. The smallest absolute Gasteiger partial charge is 0.238 e. The zero-order valence-electron chi connectivity index (χ0n) is 28.3. The minimum absolute atomic E-state index is 0.527. The summed E-state index contributed by atoms with van der Waals surface area (Å²) in [5.41, 5.74) is 9.41. The Balaban J connectivity index is 1.24. The molecule has 53 heavy (non-hydrogen) atoms. The van der Waals surface area contributed by atoms with Gasteiger partial charge in [-0.2, -0.15) is 9.97 Å². The van der Waals surface area contributed by atoms with Gasteiger partial charge in [0.15, 0.2) is 11.6 Å². The van der Waals surface area contributed by atoms with E-state index in [1.54, 1.807) is 0 Å². The molecule has 248 valence electrons. The van der Waals surface area contributed by atoms with Crippen molar-refractivity contribution < 1.29 is 4.42 Å². The van der Waals surface area contributed by atoms with Gasteiger partial charge in [-0.05, 0) is 42.5 Å². The molecule has 4 aromatic heterocycles. The number of furan rings is 1. The summed E-state index contributed by atoms with van der Waals surface area (Å²) in [5.74, 6) is 2.61. The van der Waals surface area contributed by atoms with E-state index in [9.17, 15) is 0 Å². The van der Waals surface area contributed by atoms with E-state index in [0.717, 1.165) is 83.0 Å². The quantitative estimate of drug-likeness (QED) is 0.181. The Labute approximate surface area is 303 Å². The maximum Gasteiger partial charge on any atom is 0.238 e. The largest absolute Gasteiger partial charge is 0.456 e. The maximum atomic E-state index is 6.45. The molecule has 4 heterocycles. The highest BCUT2D eigenvalue weighted by Crippen LogP contribution is 2.40. The minimum atomic E-state index is 0.527. The third-order valence-corrected chi connectivity index (χ3v) is 9.99. The highest BCUT2D eigenvalue weighted by atomic mass is 16.3. The topological polar surface area (TPSA) is 74.6 Å². The fourth-order valence-corrected chi connectivity index (χ4v) is 7.55. The molecule has 7 aromatic carbocycles. The van der Waals surface area contributed by atoms with Crippen LogP contribution in [0.4, 0.5) is 0 Å². The number of aromatic nitrogens is 6. The fourth-order valence-electron chi connectivity index (χ4n) is 7.55. The molecule has 0 N–H and O–H groups in total. The first-order chi connectivity index (χ1) is 26.3. The number of nitrogens with zero attached hydrogens (tertiary/aromatic N) is 6. The van der Waals surface area contributed by atoms with Crippen molar-refractivity contribution in [2.45, 2.75) is 0 Å². The molecule has 0 aliphatic heterocycles. The van der Waals surface area contributed by atoms with Crippen molar-refractivity contribution >= 4 is 54.8 Å². The van der Waals surface area contributed by atoms with Crippen molar-refractivity contribution in [2.24, 2.45) is 0 Å². The third kappa shape index (κ3) is 4.68. The molecule has 0 atom stereocenters. The Hall–Kier alpha value is -7.38. The summed E-state index contributed by atoms with van der Waals surface area (Å²) in [4.78, 5) is 20.4. The Morgan fingerprint density at radius 3 is 1.74 bits per heavy atom. The first kappa shape index (κ1) is 29.4. The van der Waals surface area contributed by atoms with Crippen molar-refractivity contribution in [2.75, 3.05) is 0 Å². The van der Waals surface area contributed by atoms with Crippen LogP contribution in [0.3, 0.4) is 0 Å². The lowest BCUT2D eigenvalue weighted by Crippen LogP contribution is -2.06. The second-order valence-electron chi connectivity index (χ2n) is 13.1. The van der Waals surface area contributed by atoms with Gasteiger partial charge in [0.2, 0.25) is 5.95 Å². The van der Waals surface area contributed by atoms with Gasteiger partial charge in [-0.15, -0.1) is 0 Å². The molecule has 0 spiro atoms. The van der Waals surface area contributed by atoms with Gasteiger partial charge in [-0.3, -0.25) is 9.13 Å². The van der Waals surface area contributed by atoms with Gasteiger partial charge in [0.25, 0.3) is 0 Å². The van der Waals surface area contributed by atoms with Gasteiger partial charge < -0.3 is 4.42 Å². The highest BCUT2D eigenvalue weighted by Gasteiger charge is 2.22. The number of rotatable bonds is 5. The lowest BCUT2D eigenvalue weighted by Gasteiger charge is -2.12. The minimum Gasteiger partial charge on any atom is -0.456 e. The van der Waals surface area contributed by atoms with Gasteiger partial charge in [0.1, 0.15) is 17.0 Å². The highest BCUT2D eigenvalue weighted by molar-refractivity contribution is 6.17. The predicted molar refractivity (Wildman–Crippen MR) is 212 cm³/mol. The number of para-hydroxylation sites is 3. The summed E-state index contributed by atoms with van der Waals surface area (Å²) >= 11 is 0. The molecule has 0 unspecified atom stereocenters. The summed E-state index contributed by atoms with van der Waals surface area (Å²) in [7, 11) is 0. The Kier molecular flexibility index (Phi) is 6.42. The van der Waals surface area contributed by atoms with E-state index in [-0.39, 0.29) is 0 Å². The molecular formula is C46H28N6O. The Morgan fingerprint density at radius 1 is 0.377 bits per heavy atom. The van der Waals surface area contributed by atoms with Gasteiger partial charge in [0.05, 0.1) is 22.1 Å². The van der Waals surface area contributed by atoms with Crippen molar-refractivity contribution in [1.29, 1.82) is 0 Å². The molecule has 0 fully saturated rings. The van der Waals surface area contributed by atoms with E-state index < -0.39 is 0 Å². The second-order valence-corrected chi connectivity index (χ2v) is 13.1. The van der Waals surface area contributed by atoms with E-state index in [2.05, 4.69) is 94.1 Å².